The number of halogens is 1. The molecule has 0 bridgehead atoms. The SMILES string of the molecule is CC1CC(C(=O)O)CCN1CC(=O)Nc1ccccc1Br. The summed E-state index contributed by atoms with van der Waals surface area (Å²) in [7, 11) is 0. The van der Waals surface area contributed by atoms with Gasteiger partial charge in [0.05, 0.1) is 18.2 Å². The summed E-state index contributed by atoms with van der Waals surface area (Å²) in [5.41, 5.74) is 0.746. The second-order valence-corrected chi connectivity index (χ2v) is 6.26. The Kier molecular flexibility index (Phi) is 5.36. The summed E-state index contributed by atoms with van der Waals surface area (Å²) in [4.78, 5) is 25.1. The normalized spacial score (nSPS) is 22.8. The highest BCUT2D eigenvalue weighted by Gasteiger charge is 2.30. The Bertz CT molecular complexity index is 535. The van der Waals surface area contributed by atoms with Crippen molar-refractivity contribution in [1.82, 2.24) is 4.90 Å². The number of carbonyl (C=O) groups is 2. The fraction of sp³-hybridized carbons (Fsp3) is 0.467. The monoisotopic (exact) mass is 354 g/mol. The molecule has 2 rings (SSSR count). The van der Waals surface area contributed by atoms with Crippen LogP contribution in [-0.2, 0) is 9.59 Å². The fourth-order valence-corrected chi connectivity index (χ4v) is 3.00. The van der Waals surface area contributed by atoms with E-state index < -0.39 is 5.97 Å². The first-order chi connectivity index (χ1) is 9.97. The second kappa shape index (κ2) is 7.04. The Morgan fingerprint density at radius 2 is 2.14 bits per heavy atom. The minimum absolute atomic E-state index is 0.0810. The zero-order valence-electron chi connectivity index (χ0n) is 11.9. The van der Waals surface area contributed by atoms with E-state index in [2.05, 4.69) is 21.2 Å². The molecule has 1 aliphatic rings. The molecule has 2 N–H and O–H groups in total. The summed E-state index contributed by atoms with van der Waals surface area (Å²) in [5.74, 6) is -1.11. The van der Waals surface area contributed by atoms with Crippen molar-refractivity contribution in [2.24, 2.45) is 5.92 Å². The number of nitrogens with zero attached hydrogens (tertiary/aromatic N) is 1. The number of anilines is 1. The number of piperidine rings is 1. The molecule has 1 saturated heterocycles. The van der Waals surface area contributed by atoms with E-state index in [0.29, 0.717) is 19.4 Å². The van der Waals surface area contributed by atoms with E-state index in [9.17, 15) is 9.59 Å². The van der Waals surface area contributed by atoms with Crippen LogP contribution in [-0.4, -0.2) is 41.0 Å². The number of carbonyl (C=O) groups excluding carboxylic acids is 1. The van der Waals surface area contributed by atoms with Gasteiger partial charge in [-0.05, 0) is 54.4 Å². The molecule has 1 aromatic rings. The fourth-order valence-electron chi connectivity index (χ4n) is 2.62. The second-order valence-electron chi connectivity index (χ2n) is 5.41. The first kappa shape index (κ1) is 16.0. The van der Waals surface area contributed by atoms with Crippen molar-refractivity contribution >= 4 is 33.5 Å². The number of amides is 1. The van der Waals surface area contributed by atoms with Crippen molar-refractivity contribution < 1.29 is 14.7 Å². The maximum absolute atomic E-state index is 12.1. The van der Waals surface area contributed by atoms with Crippen LogP contribution in [0.3, 0.4) is 0 Å². The Hall–Kier alpha value is -1.40. The van der Waals surface area contributed by atoms with Gasteiger partial charge in [-0.15, -0.1) is 0 Å². The molecule has 1 aromatic carbocycles. The molecule has 1 heterocycles. The standard InChI is InChI=1S/C15H19BrN2O3/c1-10-8-11(15(20)21)6-7-18(10)9-14(19)17-13-5-3-2-4-12(13)16/h2-5,10-11H,6-9H2,1H3,(H,17,19)(H,20,21). The number of nitrogens with one attached hydrogen (secondary N) is 1. The van der Waals surface area contributed by atoms with Crippen LogP contribution in [0.25, 0.3) is 0 Å². The Balaban J connectivity index is 1.89. The van der Waals surface area contributed by atoms with E-state index in [1.165, 1.54) is 0 Å². The van der Waals surface area contributed by atoms with Gasteiger partial charge in [-0.3, -0.25) is 14.5 Å². The minimum atomic E-state index is -0.737. The third-order valence-electron chi connectivity index (χ3n) is 3.86. The lowest BCUT2D eigenvalue weighted by atomic mass is 9.92. The zero-order chi connectivity index (χ0) is 15.4. The zero-order valence-corrected chi connectivity index (χ0v) is 13.5. The summed E-state index contributed by atoms with van der Waals surface area (Å²) >= 11 is 3.39. The number of carboxylic acids is 1. The average Bonchev–Trinajstić information content (AvgIpc) is 2.43. The molecule has 0 aliphatic carbocycles. The van der Waals surface area contributed by atoms with Gasteiger partial charge in [0.15, 0.2) is 0 Å². The molecule has 0 radical (unpaired) electrons. The van der Waals surface area contributed by atoms with Crippen molar-refractivity contribution in [2.75, 3.05) is 18.4 Å². The van der Waals surface area contributed by atoms with E-state index in [1.807, 2.05) is 36.1 Å². The number of carboxylic acid groups (broad SMARTS) is 1. The number of hydrogen-bond acceptors (Lipinski definition) is 3. The predicted molar refractivity (Wildman–Crippen MR) is 84.2 cm³/mol. The van der Waals surface area contributed by atoms with E-state index in [4.69, 9.17) is 5.11 Å². The van der Waals surface area contributed by atoms with Gasteiger partial charge in [-0.2, -0.15) is 0 Å². The van der Waals surface area contributed by atoms with Crippen molar-refractivity contribution in [3.8, 4) is 0 Å². The van der Waals surface area contributed by atoms with Crippen molar-refractivity contribution in [3.05, 3.63) is 28.7 Å². The maximum Gasteiger partial charge on any atom is 0.306 e. The number of benzene rings is 1. The lowest BCUT2D eigenvalue weighted by Gasteiger charge is -2.35. The molecule has 0 spiro atoms. The molecule has 5 nitrogen and oxygen atoms in total. The largest absolute Gasteiger partial charge is 0.481 e. The van der Waals surface area contributed by atoms with Gasteiger partial charge < -0.3 is 10.4 Å². The quantitative estimate of drug-likeness (QED) is 0.871. The molecule has 21 heavy (non-hydrogen) atoms. The molecule has 6 heteroatoms. The van der Waals surface area contributed by atoms with Crippen LogP contribution in [0.15, 0.2) is 28.7 Å². The number of hydrogen-bond donors (Lipinski definition) is 2. The van der Waals surface area contributed by atoms with Gasteiger partial charge in [0.25, 0.3) is 0 Å². The predicted octanol–water partition coefficient (Wildman–Crippen LogP) is 2.57. The molecule has 2 atom stereocenters. The van der Waals surface area contributed by atoms with Gasteiger partial charge in [0.1, 0.15) is 0 Å². The summed E-state index contributed by atoms with van der Waals surface area (Å²) in [6.07, 6.45) is 1.19. The highest BCUT2D eigenvalue weighted by Crippen LogP contribution is 2.24. The first-order valence-corrected chi connectivity index (χ1v) is 7.78. The molecule has 1 fully saturated rings. The first-order valence-electron chi connectivity index (χ1n) is 6.98. The third kappa shape index (κ3) is 4.28. The van der Waals surface area contributed by atoms with Crippen LogP contribution in [0.4, 0.5) is 5.69 Å². The lowest BCUT2D eigenvalue weighted by molar-refractivity contribution is -0.144. The number of aliphatic carboxylic acids is 1. The molecular formula is C15H19BrN2O3. The number of rotatable bonds is 4. The highest BCUT2D eigenvalue weighted by atomic mass is 79.9. The summed E-state index contributed by atoms with van der Waals surface area (Å²) in [6, 6.07) is 7.56. The Morgan fingerprint density at radius 3 is 2.76 bits per heavy atom. The van der Waals surface area contributed by atoms with Crippen molar-refractivity contribution in [2.45, 2.75) is 25.8 Å². The molecule has 114 valence electrons. The van der Waals surface area contributed by atoms with Gasteiger partial charge in [-0.25, -0.2) is 0 Å². The van der Waals surface area contributed by atoms with Gasteiger partial charge in [-0.1, -0.05) is 12.1 Å². The highest BCUT2D eigenvalue weighted by molar-refractivity contribution is 9.10. The Morgan fingerprint density at radius 1 is 1.43 bits per heavy atom. The molecular weight excluding hydrogens is 336 g/mol. The Labute approximate surface area is 132 Å². The van der Waals surface area contributed by atoms with Crippen LogP contribution < -0.4 is 5.32 Å². The van der Waals surface area contributed by atoms with E-state index in [1.54, 1.807) is 0 Å². The summed E-state index contributed by atoms with van der Waals surface area (Å²) in [6.45, 7) is 2.90. The average molecular weight is 355 g/mol. The van der Waals surface area contributed by atoms with Crippen LogP contribution >= 0.6 is 15.9 Å². The van der Waals surface area contributed by atoms with Crippen molar-refractivity contribution in [1.29, 1.82) is 0 Å². The smallest absolute Gasteiger partial charge is 0.306 e. The third-order valence-corrected chi connectivity index (χ3v) is 4.55. The molecule has 0 saturated carbocycles. The van der Waals surface area contributed by atoms with Gasteiger partial charge >= 0.3 is 5.97 Å². The van der Waals surface area contributed by atoms with E-state index >= 15 is 0 Å². The summed E-state index contributed by atoms with van der Waals surface area (Å²) in [5, 5.41) is 11.9. The molecule has 1 aliphatic heterocycles. The number of para-hydroxylation sites is 1. The van der Waals surface area contributed by atoms with Crippen LogP contribution in [0.2, 0.25) is 0 Å². The lowest BCUT2D eigenvalue weighted by Crippen LogP contribution is -2.46. The number of likely N-dealkylation sites (tertiary alicyclic amines) is 1. The van der Waals surface area contributed by atoms with E-state index in [-0.39, 0.29) is 24.4 Å². The van der Waals surface area contributed by atoms with E-state index in [0.717, 1.165) is 10.2 Å². The topological polar surface area (TPSA) is 69.6 Å². The van der Waals surface area contributed by atoms with Crippen LogP contribution in [0.5, 0.6) is 0 Å². The molecule has 0 aromatic heterocycles. The maximum atomic E-state index is 12.1. The van der Waals surface area contributed by atoms with Gasteiger partial charge in [0, 0.05) is 10.5 Å². The molecule has 2 unspecified atom stereocenters. The molecule has 1 amide bonds. The van der Waals surface area contributed by atoms with Crippen LogP contribution in [0, 0.1) is 5.92 Å². The summed E-state index contributed by atoms with van der Waals surface area (Å²) < 4.78 is 0.844. The minimum Gasteiger partial charge on any atom is -0.481 e. The van der Waals surface area contributed by atoms with Gasteiger partial charge in [0.2, 0.25) is 5.91 Å². The van der Waals surface area contributed by atoms with Crippen molar-refractivity contribution in [3.63, 3.8) is 0 Å². The van der Waals surface area contributed by atoms with Crippen LogP contribution in [0.1, 0.15) is 19.8 Å².